The number of hydrogen-bond acceptors (Lipinski definition) is 0. The van der Waals surface area contributed by atoms with Crippen LogP contribution in [0.2, 0.25) is 10.0 Å². The molecular weight excluding hydrogens is 380 g/mol. The fraction of sp³-hybridized carbons (Fsp3) is 0.455. The van der Waals surface area contributed by atoms with E-state index >= 15 is 0 Å². The maximum atomic E-state index is 6.14. The third-order valence-corrected chi connectivity index (χ3v) is 3.93. The smallest absolute Gasteiger partial charge is 0.101 e. The van der Waals surface area contributed by atoms with Gasteiger partial charge in [-0.1, -0.05) is 64.1 Å². The van der Waals surface area contributed by atoms with E-state index in [9.17, 15) is 0 Å². The van der Waals surface area contributed by atoms with Gasteiger partial charge >= 0.3 is 0 Å². The highest BCUT2D eigenvalue weighted by atomic mass is 35.6. The van der Waals surface area contributed by atoms with Crippen LogP contribution in [0.4, 0.5) is 0 Å². The summed E-state index contributed by atoms with van der Waals surface area (Å²) < 4.78 is -2.73. The summed E-state index contributed by atoms with van der Waals surface area (Å²) in [5.74, 6) is 0. The van der Waals surface area contributed by atoms with E-state index in [4.69, 9.17) is 81.2 Å². The van der Waals surface area contributed by atoms with Crippen molar-refractivity contribution in [3.63, 3.8) is 0 Å². The molecule has 0 spiro atoms. The van der Waals surface area contributed by atoms with Crippen molar-refractivity contribution in [3.05, 3.63) is 33.3 Å². The van der Waals surface area contributed by atoms with Crippen LogP contribution in [0.1, 0.15) is 17.5 Å². The molecule has 1 aromatic carbocycles. The Balaban J connectivity index is 2.94. The second kappa shape index (κ2) is 6.35. The number of rotatable bonds is 3. The number of hydrogen-bond donors (Lipinski definition) is 0. The van der Waals surface area contributed by atoms with Crippen LogP contribution in [-0.2, 0) is 6.42 Å². The highest BCUT2D eigenvalue weighted by molar-refractivity contribution is 6.68. The van der Waals surface area contributed by atoms with Gasteiger partial charge in [-0.15, -0.1) is 23.2 Å². The lowest BCUT2D eigenvalue weighted by Gasteiger charge is -2.24. The van der Waals surface area contributed by atoms with Gasteiger partial charge in [0.25, 0.3) is 0 Å². The van der Waals surface area contributed by atoms with Crippen LogP contribution in [0.15, 0.2) is 12.1 Å². The van der Waals surface area contributed by atoms with Crippen LogP contribution < -0.4 is 0 Å². The van der Waals surface area contributed by atoms with Gasteiger partial charge in [-0.2, -0.15) is 0 Å². The Hall–Kier alpha value is 1.25. The molecule has 0 N–H and O–H groups in total. The predicted octanol–water partition coefficient (Wildman–Crippen LogP) is 6.78. The Morgan fingerprint density at radius 2 is 1.50 bits per heavy atom. The molecule has 0 heterocycles. The molecule has 0 saturated heterocycles. The van der Waals surface area contributed by atoms with Crippen LogP contribution in [0.5, 0.6) is 0 Å². The number of aryl methyl sites for hydroxylation is 1. The van der Waals surface area contributed by atoms with Crippen molar-refractivity contribution in [3.8, 4) is 0 Å². The number of benzene rings is 1. The lowest BCUT2D eigenvalue weighted by molar-refractivity contribution is 0.701. The maximum absolute atomic E-state index is 6.14. The van der Waals surface area contributed by atoms with Crippen molar-refractivity contribution in [2.45, 2.75) is 27.9 Å². The second-order valence-electron chi connectivity index (χ2n) is 4.02. The molecule has 0 aliphatic rings. The molecule has 0 amide bonds. The van der Waals surface area contributed by atoms with Crippen molar-refractivity contribution in [2.24, 2.45) is 0 Å². The molecule has 0 aliphatic heterocycles. The topological polar surface area (TPSA) is 0 Å². The first kappa shape index (κ1) is 17.3. The first-order valence-corrected chi connectivity index (χ1v) is 7.54. The summed E-state index contributed by atoms with van der Waals surface area (Å²) >= 11 is 41.4. The highest BCUT2D eigenvalue weighted by Crippen LogP contribution is 2.43. The fourth-order valence-electron chi connectivity index (χ4n) is 1.49. The quantitative estimate of drug-likeness (QED) is 0.500. The monoisotopic (exact) mass is 386 g/mol. The first-order chi connectivity index (χ1) is 8.00. The lowest BCUT2D eigenvalue weighted by atomic mass is 10.1. The Morgan fingerprint density at radius 3 is 2.00 bits per heavy atom. The number of alkyl halides is 5. The van der Waals surface area contributed by atoms with Gasteiger partial charge < -0.3 is 0 Å². The predicted molar refractivity (Wildman–Crippen MR) is 84.2 cm³/mol. The lowest BCUT2D eigenvalue weighted by Crippen LogP contribution is -2.24. The third kappa shape index (κ3) is 5.71. The SMILES string of the molecule is Cc1cc(CC(Cl)(Cl)CC(Cl)(Cl)Cl)c(Cl)cc1Cl. The zero-order chi connectivity index (χ0) is 14.1. The summed E-state index contributed by atoms with van der Waals surface area (Å²) in [6.45, 7) is 1.86. The fourth-order valence-corrected chi connectivity index (χ4v) is 3.72. The van der Waals surface area contributed by atoms with Crippen LogP contribution in [0, 0.1) is 6.92 Å². The minimum atomic E-state index is -1.52. The van der Waals surface area contributed by atoms with E-state index < -0.39 is 8.13 Å². The zero-order valence-corrected chi connectivity index (χ0v) is 14.5. The van der Waals surface area contributed by atoms with Crippen LogP contribution in [-0.4, -0.2) is 8.13 Å². The molecule has 0 fully saturated rings. The van der Waals surface area contributed by atoms with Crippen molar-refractivity contribution in [1.82, 2.24) is 0 Å². The van der Waals surface area contributed by atoms with Crippen LogP contribution in [0.3, 0.4) is 0 Å². The van der Waals surface area contributed by atoms with Gasteiger partial charge in [0.15, 0.2) is 3.79 Å². The molecule has 0 aliphatic carbocycles. The Morgan fingerprint density at radius 1 is 0.944 bits per heavy atom. The molecule has 1 rings (SSSR count). The minimum absolute atomic E-state index is 0.00815. The van der Waals surface area contributed by atoms with E-state index in [2.05, 4.69) is 0 Å². The van der Waals surface area contributed by atoms with Crippen molar-refractivity contribution in [1.29, 1.82) is 0 Å². The van der Waals surface area contributed by atoms with Gasteiger partial charge in [0.2, 0.25) is 0 Å². The molecule has 1 aromatic rings. The maximum Gasteiger partial charge on any atom is 0.193 e. The molecule has 0 bridgehead atoms. The van der Waals surface area contributed by atoms with Gasteiger partial charge in [-0.25, -0.2) is 0 Å². The molecule has 7 heteroatoms. The summed E-state index contributed by atoms with van der Waals surface area (Å²) in [6, 6.07) is 3.47. The normalized spacial score (nSPS) is 12.9. The third-order valence-electron chi connectivity index (χ3n) is 2.24. The molecule has 18 heavy (non-hydrogen) atoms. The molecular formula is C11H9Cl7. The average Bonchev–Trinajstić information content (AvgIpc) is 2.09. The minimum Gasteiger partial charge on any atom is -0.101 e. The van der Waals surface area contributed by atoms with Crippen molar-refractivity contribution in [2.75, 3.05) is 0 Å². The van der Waals surface area contributed by atoms with E-state index in [1.54, 1.807) is 6.07 Å². The van der Waals surface area contributed by atoms with Crippen molar-refractivity contribution >= 4 is 81.2 Å². The van der Waals surface area contributed by atoms with Crippen molar-refractivity contribution < 1.29 is 0 Å². The standard InChI is InChI=1S/C11H9Cl7/c1-6-2-7(9(13)3-8(6)12)4-10(14,15)5-11(16,17)18/h2-3H,4-5H2,1H3. The molecule has 0 saturated carbocycles. The number of halogens is 7. The zero-order valence-electron chi connectivity index (χ0n) is 9.21. The molecule has 0 unspecified atom stereocenters. The van der Waals surface area contributed by atoms with E-state index in [-0.39, 0.29) is 12.8 Å². The molecule has 0 atom stereocenters. The second-order valence-corrected chi connectivity index (χ2v) is 8.99. The summed E-state index contributed by atoms with van der Waals surface area (Å²) in [7, 11) is 0. The summed E-state index contributed by atoms with van der Waals surface area (Å²) in [6.07, 6.45) is 0.257. The van der Waals surface area contributed by atoms with E-state index in [0.717, 1.165) is 11.1 Å². The molecule has 0 aromatic heterocycles. The summed E-state index contributed by atoms with van der Waals surface area (Å²) in [5, 5.41) is 1.07. The van der Waals surface area contributed by atoms with Gasteiger partial charge in [0.1, 0.15) is 4.33 Å². The summed E-state index contributed by atoms with van der Waals surface area (Å²) in [4.78, 5) is 0. The highest BCUT2D eigenvalue weighted by Gasteiger charge is 2.35. The molecule has 102 valence electrons. The van der Waals surface area contributed by atoms with Gasteiger partial charge in [-0.3, -0.25) is 0 Å². The van der Waals surface area contributed by atoms with Gasteiger partial charge in [0.05, 0.1) is 0 Å². The van der Waals surface area contributed by atoms with E-state index in [1.165, 1.54) is 0 Å². The first-order valence-electron chi connectivity index (χ1n) is 4.89. The molecule has 0 nitrogen and oxygen atoms in total. The Kier molecular flexibility index (Phi) is 6.10. The molecule has 0 radical (unpaired) electrons. The summed E-state index contributed by atoms with van der Waals surface area (Å²) in [5.41, 5.74) is 1.65. The van der Waals surface area contributed by atoms with E-state index in [1.807, 2.05) is 13.0 Å². The van der Waals surface area contributed by atoms with E-state index in [0.29, 0.717) is 10.0 Å². The average molecular weight is 389 g/mol. The largest absolute Gasteiger partial charge is 0.193 e. The Bertz CT molecular complexity index is 434. The van der Waals surface area contributed by atoms with Crippen LogP contribution >= 0.6 is 81.2 Å². The van der Waals surface area contributed by atoms with Gasteiger partial charge in [-0.05, 0) is 24.1 Å². The van der Waals surface area contributed by atoms with Crippen LogP contribution in [0.25, 0.3) is 0 Å². The Labute approximate surface area is 141 Å². The van der Waals surface area contributed by atoms with Gasteiger partial charge in [0, 0.05) is 22.9 Å².